The minimum atomic E-state index is -3.68. The van der Waals surface area contributed by atoms with Crippen molar-refractivity contribution in [3.8, 4) is 11.3 Å². The highest BCUT2D eigenvalue weighted by Crippen LogP contribution is 2.29. The van der Waals surface area contributed by atoms with Gasteiger partial charge >= 0.3 is 0 Å². The summed E-state index contributed by atoms with van der Waals surface area (Å²) in [6, 6.07) is 9.68. The number of carbonyl (C=O) groups is 1. The number of amides is 1. The SMILES string of the molecule is O=C1NCc2cc(-c3ccc(Nc4cnc(S(=O)(=O)N5CCCCC5)nc4)c4nccn34)ccc21. The molecule has 0 aliphatic carbocycles. The number of rotatable bonds is 5. The summed E-state index contributed by atoms with van der Waals surface area (Å²) in [5.74, 6) is -0.0455. The number of aromatic nitrogens is 4. The normalized spacial score (nSPS) is 16.3. The fourth-order valence-corrected chi connectivity index (χ4v) is 5.97. The van der Waals surface area contributed by atoms with Crippen LogP contribution in [0.2, 0.25) is 0 Å². The van der Waals surface area contributed by atoms with Gasteiger partial charge in [-0.15, -0.1) is 0 Å². The number of benzene rings is 1. The number of nitrogens with zero attached hydrogens (tertiary/aromatic N) is 5. The van der Waals surface area contributed by atoms with E-state index < -0.39 is 10.0 Å². The van der Waals surface area contributed by atoms with Crippen LogP contribution in [0.25, 0.3) is 16.9 Å². The maximum atomic E-state index is 12.8. The number of carbonyl (C=O) groups excluding carboxylic acids is 1. The molecule has 1 amide bonds. The lowest BCUT2D eigenvalue weighted by atomic mass is 10.0. The number of sulfonamides is 1. The van der Waals surface area contributed by atoms with Crippen LogP contribution in [-0.4, -0.2) is 51.1 Å². The van der Waals surface area contributed by atoms with Crippen molar-refractivity contribution >= 4 is 33.0 Å². The van der Waals surface area contributed by atoms with Gasteiger partial charge in [-0.1, -0.05) is 12.5 Å². The zero-order valence-corrected chi connectivity index (χ0v) is 19.6. The molecular formula is C24H23N7O3S. The fourth-order valence-electron chi connectivity index (χ4n) is 4.63. The maximum absolute atomic E-state index is 12.8. The summed E-state index contributed by atoms with van der Waals surface area (Å²) in [4.78, 5) is 24.6. The molecule has 1 fully saturated rings. The minimum Gasteiger partial charge on any atom is -0.350 e. The number of piperidine rings is 1. The lowest BCUT2D eigenvalue weighted by Gasteiger charge is -2.24. The summed E-state index contributed by atoms with van der Waals surface area (Å²) in [6.07, 6.45) is 9.29. The number of nitrogens with one attached hydrogen (secondary N) is 2. The second-order valence-electron chi connectivity index (χ2n) is 8.65. The van der Waals surface area contributed by atoms with Gasteiger partial charge in [-0.2, -0.15) is 4.31 Å². The van der Waals surface area contributed by atoms with Gasteiger partial charge in [-0.05, 0) is 48.2 Å². The number of anilines is 2. The molecule has 1 aromatic carbocycles. The molecule has 4 aromatic rings. The zero-order chi connectivity index (χ0) is 24.0. The Hall–Kier alpha value is -3.83. The summed E-state index contributed by atoms with van der Waals surface area (Å²) >= 11 is 0. The molecule has 0 unspecified atom stereocenters. The van der Waals surface area contributed by atoms with Crippen LogP contribution in [0.5, 0.6) is 0 Å². The van der Waals surface area contributed by atoms with E-state index >= 15 is 0 Å². The molecule has 0 saturated carbocycles. The van der Waals surface area contributed by atoms with Crippen LogP contribution in [0.15, 0.2) is 60.3 Å². The summed E-state index contributed by atoms with van der Waals surface area (Å²) in [7, 11) is -3.68. The monoisotopic (exact) mass is 489 g/mol. The van der Waals surface area contributed by atoms with E-state index in [0.717, 1.165) is 41.8 Å². The number of imidazole rings is 1. The Morgan fingerprint density at radius 3 is 2.57 bits per heavy atom. The Morgan fingerprint density at radius 2 is 1.77 bits per heavy atom. The molecule has 2 aliphatic rings. The van der Waals surface area contributed by atoms with E-state index in [0.29, 0.717) is 36.5 Å². The van der Waals surface area contributed by atoms with Crippen molar-refractivity contribution in [1.82, 2.24) is 29.0 Å². The van der Waals surface area contributed by atoms with Crippen molar-refractivity contribution in [2.24, 2.45) is 0 Å². The van der Waals surface area contributed by atoms with Crippen LogP contribution in [0.1, 0.15) is 35.2 Å². The van der Waals surface area contributed by atoms with Gasteiger partial charge in [-0.25, -0.2) is 23.4 Å². The average Bonchev–Trinajstić information content (AvgIpc) is 3.52. The fraction of sp³-hybridized carbons (Fsp3) is 0.250. The van der Waals surface area contributed by atoms with Crippen molar-refractivity contribution in [1.29, 1.82) is 0 Å². The summed E-state index contributed by atoms with van der Waals surface area (Å²) in [5.41, 5.74) is 5.57. The standard InChI is InChI=1S/C24H23N7O3S/c32-23-19-5-4-16(12-17(19)13-26-23)21-7-6-20(22-25-8-11-31(21)22)29-18-14-27-24(28-15-18)35(33,34)30-9-2-1-3-10-30/h4-8,11-12,14-15,29H,1-3,9-10,13H2,(H,26,32). The maximum Gasteiger partial charge on any atom is 0.278 e. The van der Waals surface area contributed by atoms with E-state index in [1.165, 1.54) is 16.7 Å². The van der Waals surface area contributed by atoms with Gasteiger partial charge in [0.25, 0.3) is 21.1 Å². The first-order valence-corrected chi connectivity index (χ1v) is 12.9. The van der Waals surface area contributed by atoms with Crippen molar-refractivity contribution in [2.75, 3.05) is 18.4 Å². The van der Waals surface area contributed by atoms with Crippen LogP contribution < -0.4 is 10.6 Å². The number of fused-ring (bicyclic) bond motifs is 2. The first-order chi connectivity index (χ1) is 17.0. The van der Waals surface area contributed by atoms with Crippen molar-refractivity contribution in [3.63, 3.8) is 0 Å². The van der Waals surface area contributed by atoms with E-state index in [4.69, 9.17) is 0 Å². The minimum absolute atomic E-state index is 0.0455. The molecule has 178 valence electrons. The highest BCUT2D eigenvalue weighted by molar-refractivity contribution is 7.88. The highest BCUT2D eigenvalue weighted by Gasteiger charge is 2.28. The van der Waals surface area contributed by atoms with E-state index in [-0.39, 0.29) is 11.1 Å². The smallest absolute Gasteiger partial charge is 0.278 e. The largest absolute Gasteiger partial charge is 0.350 e. The third-order valence-corrected chi connectivity index (χ3v) is 8.14. The van der Waals surface area contributed by atoms with Crippen molar-refractivity contribution in [3.05, 3.63) is 66.2 Å². The number of pyridine rings is 1. The van der Waals surface area contributed by atoms with E-state index in [1.807, 2.05) is 40.9 Å². The molecule has 5 heterocycles. The predicted molar refractivity (Wildman–Crippen MR) is 130 cm³/mol. The Morgan fingerprint density at radius 1 is 0.971 bits per heavy atom. The van der Waals surface area contributed by atoms with Crippen LogP contribution >= 0.6 is 0 Å². The van der Waals surface area contributed by atoms with E-state index in [9.17, 15) is 13.2 Å². The van der Waals surface area contributed by atoms with Gasteiger partial charge in [0, 0.05) is 37.6 Å². The number of hydrogen-bond donors (Lipinski definition) is 2. The van der Waals surface area contributed by atoms with Gasteiger partial charge < -0.3 is 10.6 Å². The molecule has 0 spiro atoms. The average molecular weight is 490 g/mol. The molecule has 3 aromatic heterocycles. The molecule has 11 heteroatoms. The molecule has 0 radical (unpaired) electrons. The predicted octanol–water partition coefficient (Wildman–Crippen LogP) is 2.95. The summed E-state index contributed by atoms with van der Waals surface area (Å²) in [6.45, 7) is 1.54. The molecular weight excluding hydrogens is 466 g/mol. The van der Waals surface area contributed by atoms with Gasteiger partial charge in [-0.3, -0.25) is 9.20 Å². The Labute approximate surface area is 202 Å². The Balaban J connectivity index is 1.27. The van der Waals surface area contributed by atoms with Crippen LogP contribution in [-0.2, 0) is 16.6 Å². The second-order valence-corrected chi connectivity index (χ2v) is 10.5. The second kappa shape index (κ2) is 8.43. The Bertz CT molecular complexity index is 1540. The first-order valence-electron chi connectivity index (χ1n) is 11.5. The first kappa shape index (κ1) is 21.7. The molecule has 0 atom stereocenters. The molecule has 2 N–H and O–H groups in total. The van der Waals surface area contributed by atoms with Gasteiger partial charge in [0.1, 0.15) is 0 Å². The molecule has 35 heavy (non-hydrogen) atoms. The van der Waals surface area contributed by atoms with Crippen molar-refractivity contribution < 1.29 is 13.2 Å². The van der Waals surface area contributed by atoms with Crippen molar-refractivity contribution in [2.45, 2.75) is 31.0 Å². The third kappa shape index (κ3) is 3.82. The summed E-state index contributed by atoms with van der Waals surface area (Å²) in [5, 5.41) is 5.91. The topological polar surface area (TPSA) is 122 Å². The lowest BCUT2D eigenvalue weighted by molar-refractivity contribution is 0.0965. The molecule has 6 rings (SSSR count). The summed E-state index contributed by atoms with van der Waals surface area (Å²) < 4.78 is 29.0. The highest BCUT2D eigenvalue weighted by atomic mass is 32.2. The van der Waals surface area contributed by atoms with E-state index in [2.05, 4.69) is 25.6 Å². The molecule has 1 saturated heterocycles. The molecule has 10 nitrogen and oxygen atoms in total. The van der Waals surface area contributed by atoms with Crippen LogP contribution in [0, 0.1) is 0 Å². The van der Waals surface area contributed by atoms with Crippen LogP contribution in [0.3, 0.4) is 0 Å². The van der Waals surface area contributed by atoms with Crippen LogP contribution in [0.4, 0.5) is 11.4 Å². The molecule has 2 aliphatic heterocycles. The number of hydrogen-bond acceptors (Lipinski definition) is 7. The van der Waals surface area contributed by atoms with Gasteiger partial charge in [0.05, 0.1) is 29.5 Å². The zero-order valence-electron chi connectivity index (χ0n) is 18.8. The lowest BCUT2D eigenvalue weighted by Crippen LogP contribution is -2.36. The molecule has 0 bridgehead atoms. The van der Waals surface area contributed by atoms with Gasteiger partial charge in [0.15, 0.2) is 5.65 Å². The third-order valence-electron chi connectivity index (χ3n) is 6.43. The van der Waals surface area contributed by atoms with Gasteiger partial charge in [0.2, 0.25) is 0 Å². The Kier molecular flexibility index (Phi) is 5.23. The quantitative estimate of drug-likeness (QED) is 0.413. The van der Waals surface area contributed by atoms with E-state index in [1.54, 1.807) is 6.20 Å².